The molecule has 5 amide bonds. The molecule has 0 atom stereocenters. The number of nitrogens with one attached hydrogen (secondary N) is 3. The number of benzene rings is 3. The second kappa shape index (κ2) is 21.6. The van der Waals surface area contributed by atoms with Crippen LogP contribution in [-0.2, 0) is 36.8 Å². The minimum atomic E-state index is -0.727. The summed E-state index contributed by atoms with van der Waals surface area (Å²) in [5.74, 6) is -2.42. The lowest BCUT2D eigenvalue weighted by atomic mass is 9.77. The number of anilines is 2. The van der Waals surface area contributed by atoms with Crippen LogP contribution in [-0.4, -0.2) is 145 Å². The van der Waals surface area contributed by atoms with Gasteiger partial charge in [0.05, 0.1) is 60.6 Å². The summed E-state index contributed by atoms with van der Waals surface area (Å²) in [6, 6.07) is 22.2. The van der Waals surface area contributed by atoms with Gasteiger partial charge in [0.2, 0.25) is 11.8 Å². The molecule has 3 aliphatic heterocycles. The number of hydrogen-bond donors (Lipinski definition) is 3. The van der Waals surface area contributed by atoms with Crippen LogP contribution in [0.15, 0.2) is 89.9 Å². The van der Waals surface area contributed by atoms with Crippen molar-refractivity contribution >= 4 is 51.9 Å². The molecule has 8 rings (SSSR count). The van der Waals surface area contributed by atoms with Gasteiger partial charge in [-0.05, 0) is 48.2 Å². The van der Waals surface area contributed by atoms with Crippen LogP contribution in [0.25, 0.3) is 10.8 Å². The van der Waals surface area contributed by atoms with Crippen LogP contribution < -0.4 is 21.1 Å². The highest BCUT2D eigenvalue weighted by Gasteiger charge is 2.41. The first-order chi connectivity index (χ1) is 32.9. The number of H-pyrrole nitrogens is 1. The molecule has 3 saturated heterocycles. The lowest BCUT2D eigenvalue weighted by molar-refractivity contribution is -0.133. The third-order valence-electron chi connectivity index (χ3n) is 12.6. The fourth-order valence-corrected chi connectivity index (χ4v) is 8.59. The Balaban J connectivity index is 0.827. The molecule has 0 bridgehead atoms. The number of hydrogen-bond acceptors (Lipinski definition) is 12. The molecule has 1 spiro atoms. The van der Waals surface area contributed by atoms with Gasteiger partial charge in [0.15, 0.2) is 5.69 Å². The van der Waals surface area contributed by atoms with Crippen molar-refractivity contribution in [2.75, 3.05) is 95.5 Å². The predicted molar refractivity (Wildman–Crippen MR) is 249 cm³/mol. The number of piperidine rings is 1. The number of ether oxygens (including phenoxy) is 3. The summed E-state index contributed by atoms with van der Waals surface area (Å²) in [7, 11) is 0. The van der Waals surface area contributed by atoms with E-state index in [0.717, 1.165) is 50.4 Å². The molecule has 18 nitrogen and oxygen atoms in total. The third-order valence-corrected chi connectivity index (χ3v) is 12.6. The molecular formula is C49H54FN9O9. The van der Waals surface area contributed by atoms with Crippen LogP contribution in [0.3, 0.4) is 0 Å². The molecule has 356 valence electrons. The van der Waals surface area contributed by atoms with E-state index in [9.17, 15) is 28.8 Å². The van der Waals surface area contributed by atoms with Crippen LogP contribution in [0.5, 0.6) is 0 Å². The van der Waals surface area contributed by atoms with E-state index in [-0.39, 0.29) is 106 Å². The Kier molecular flexibility index (Phi) is 15.0. The van der Waals surface area contributed by atoms with Gasteiger partial charge in [0.25, 0.3) is 17.4 Å². The van der Waals surface area contributed by atoms with Crippen molar-refractivity contribution in [1.82, 2.24) is 35.2 Å². The Morgan fingerprint density at radius 3 is 2.31 bits per heavy atom. The number of fused-ring (bicyclic) bond motifs is 1. The van der Waals surface area contributed by atoms with Crippen molar-refractivity contribution in [3.63, 3.8) is 0 Å². The summed E-state index contributed by atoms with van der Waals surface area (Å²) in [5.41, 5.74) is 2.96. The Morgan fingerprint density at radius 2 is 1.59 bits per heavy atom. The summed E-state index contributed by atoms with van der Waals surface area (Å²) in [5, 5.41) is 13.4. The molecule has 0 aliphatic carbocycles. The van der Waals surface area contributed by atoms with E-state index >= 15 is 4.39 Å². The number of pyridine rings is 1. The fraction of sp³-hybridized carbons (Fsp3) is 0.388. The van der Waals surface area contributed by atoms with E-state index in [2.05, 4.69) is 30.7 Å². The van der Waals surface area contributed by atoms with Gasteiger partial charge in [-0.3, -0.25) is 28.9 Å². The molecule has 0 radical (unpaired) electrons. The molecule has 3 fully saturated rings. The van der Waals surface area contributed by atoms with E-state index in [4.69, 9.17) is 14.2 Å². The number of nitrogens with zero attached hydrogens (tertiary/aromatic N) is 6. The van der Waals surface area contributed by atoms with Gasteiger partial charge >= 0.3 is 6.09 Å². The maximum Gasteiger partial charge on any atom is 0.410 e. The molecule has 19 heteroatoms. The molecular weight excluding hydrogens is 878 g/mol. The first-order valence-electron chi connectivity index (χ1n) is 22.7. The van der Waals surface area contributed by atoms with E-state index in [1.54, 1.807) is 47.5 Å². The zero-order valence-electron chi connectivity index (χ0n) is 37.8. The van der Waals surface area contributed by atoms with Gasteiger partial charge in [-0.25, -0.2) is 19.3 Å². The summed E-state index contributed by atoms with van der Waals surface area (Å²) in [4.78, 5) is 89.2. The molecule has 3 N–H and O–H groups in total. The van der Waals surface area contributed by atoms with Crippen LogP contribution in [0.4, 0.5) is 20.6 Å². The third kappa shape index (κ3) is 11.5. The second-order valence-corrected chi connectivity index (χ2v) is 17.3. The lowest BCUT2D eigenvalue weighted by Crippen LogP contribution is -2.53. The summed E-state index contributed by atoms with van der Waals surface area (Å²) >= 11 is 0. The van der Waals surface area contributed by atoms with Gasteiger partial charge in [-0.15, -0.1) is 0 Å². The number of carbonyl (C=O) groups excluding carboxylic acids is 5. The quantitative estimate of drug-likeness (QED) is 0.120. The average molecular weight is 932 g/mol. The van der Waals surface area contributed by atoms with Crippen LogP contribution >= 0.6 is 0 Å². The Morgan fingerprint density at radius 1 is 0.868 bits per heavy atom. The second-order valence-electron chi connectivity index (χ2n) is 17.3. The highest BCUT2D eigenvalue weighted by Crippen LogP contribution is 2.40. The number of halogens is 1. The van der Waals surface area contributed by atoms with Gasteiger partial charge in [0, 0.05) is 76.5 Å². The smallest absolute Gasteiger partial charge is 0.410 e. The molecule has 0 unspecified atom stereocenters. The van der Waals surface area contributed by atoms with E-state index in [1.807, 2.05) is 30.3 Å². The zero-order valence-corrected chi connectivity index (χ0v) is 37.8. The predicted octanol–water partition coefficient (Wildman–Crippen LogP) is 3.99. The van der Waals surface area contributed by atoms with Crippen LogP contribution in [0.1, 0.15) is 57.4 Å². The van der Waals surface area contributed by atoms with E-state index in [0.29, 0.717) is 27.7 Å². The van der Waals surface area contributed by atoms with Gasteiger partial charge in [0.1, 0.15) is 19.0 Å². The molecule has 68 heavy (non-hydrogen) atoms. The number of aromatic nitrogens is 3. The lowest BCUT2D eigenvalue weighted by Gasteiger charge is -2.47. The fourth-order valence-electron chi connectivity index (χ4n) is 8.59. The van der Waals surface area contributed by atoms with E-state index in [1.165, 1.54) is 28.9 Å². The number of amides is 5. The molecule has 3 aromatic carbocycles. The number of aromatic amines is 1. The molecule has 2 aromatic heterocycles. The summed E-state index contributed by atoms with van der Waals surface area (Å²) in [6.07, 6.45) is 3.15. The highest BCUT2D eigenvalue weighted by molar-refractivity contribution is 6.02. The number of rotatable bonds is 16. The molecule has 0 saturated carbocycles. The van der Waals surface area contributed by atoms with E-state index < -0.39 is 23.7 Å². The minimum absolute atomic E-state index is 0.00784. The maximum absolute atomic E-state index is 15.2. The normalized spacial score (nSPS) is 15.4. The topological polar surface area (TPSA) is 209 Å². The van der Waals surface area contributed by atoms with Crippen molar-refractivity contribution in [3.05, 3.63) is 129 Å². The molecule has 5 heterocycles. The van der Waals surface area contributed by atoms with Gasteiger partial charge in [-0.2, -0.15) is 5.10 Å². The van der Waals surface area contributed by atoms with Crippen LogP contribution in [0.2, 0.25) is 0 Å². The molecule has 3 aliphatic rings. The van der Waals surface area contributed by atoms with Crippen molar-refractivity contribution in [2.45, 2.75) is 32.8 Å². The van der Waals surface area contributed by atoms with Gasteiger partial charge in [-0.1, -0.05) is 54.6 Å². The van der Waals surface area contributed by atoms with Crippen molar-refractivity contribution in [2.24, 2.45) is 5.41 Å². The largest absolute Gasteiger partial charge is 0.445 e. The Hall–Kier alpha value is -7.25. The Bertz CT molecular complexity index is 2700. The zero-order chi connectivity index (χ0) is 47.6. The van der Waals surface area contributed by atoms with Crippen molar-refractivity contribution in [1.29, 1.82) is 0 Å². The van der Waals surface area contributed by atoms with Crippen molar-refractivity contribution < 1.29 is 42.6 Å². The highest BCUT2D eigenvalue weighted by atomic mass is 19.1. The standard InChI is InChI=1S/C49H54FN9O9/c1-33(60)53-42-27-36(56-16-13-49(14-17-56)31-67-32-49)28-52-44(42)46(63)51-15-23-66-24-22-59(48(65)68-30-34-7-3-2-4-8-34)29-43(61)57-18-20-58(21-19-57)47(64)39-25-35(11-12-40(39)50)26-41-37-9-5-6-10-38(37)45(62)55-54-41/h2-12,25,27-28H,13-24,26,29-32H2,1H3,(H,51,63)(H,53,60)(H,55,62). The van der Waals surface area contributed by atoms with Crippen molar-refractivity contribution in [3.8, 4) is 0 Å². The summed E-state index contributed by atoms with van der Waals surface area (Å²) < 4.78 is 32.0. The average Bonchev–Trinajstić information content (AvgIpc) is 3.34. The number of carbonyl (C=O) groups is 5. The first kappa shape index (κ1) is 47.3. The molecule has 5 aromatic rings. The Labute approximate surface area is 391 Å². The monoisotopic (exact) mass is 931 g/mol. The first-order valence-corrected chi connectivity index (χ1v) is 22.7. The number of piperazine rings is 1. The summed E-state index contributed by atoms with van der Waals surface area (Å²) in [6.45, 7) is 4.97. The van der Waals surface area contributed by atoms with Gasteiger partial charge < -0.3 is 39.5 Å². The van der Waals surface area contributed by atoms with Crippen LogP contribution in [0, 0.1) is 11.2 Å². The maximum atomic E-state index is 15.2. The minimum Gasteiger partial charge on any atom is -0.445 e. The SMILES string of the molecule is CC(=O)Nc1cc(N2CCC3(CC2)COC3)cnc1C(=O)NCCOCCN(CC(=O)N1CCN(C(=O)c2cc(Cc3n[nH]c(=O)c4ccccc34)ccc2F)CC1)C(=O)OCc1ccccc1.